The Morgan fingerprint density at radius 2 is 2.06 bits per heavy atom. The lowest BCUT2D eigenvalue weighted by atomic mass is 9.98. The number of ether oxygens (including phenoxy) is 1. The van der Waals surface area contributed by atoms with E-state index < -0.39 is 12.0 Å². The zero-order chi connectivity index (χ0) is 13.1. The normalized spacial score (nSPS) is 12.3. The third kappa shape index (κ3) is 2.28. The molecule has 0 spiro atoms. The van der Waals surface area contributed by atoms with Gasteiger partial charge >= 0.3 is 5.97 Å². The number of methoxy groups -OCH3 is 1. The summed E-state index contributed by atoms with van der Waals surface area (Å²) in [5.41, 5.74) is 6.45. The van der Waals surface area contributed by atoms with E-state index in [9.17, 15) is 4.79 Å². The van der Waals surface area contributed by atoms with Crippen LogP contribution < -0.4 is 10.5 Å². The van der Waals surface area contributed by atoms with Crippen molar-refractivity contribution >= 4 is 16.7 Å². The summed E-state index contributed by atoms with van der Waals surface area (Å²) in [6, 6.07) is 10.6. The van der Waals surface area contributed by atoms with Gasteiger partial charge in [0.15, 0.2) is 0 Å². The van der Waals surface area contributed by atoms with Gasteiger partial charge in [0.1, 0.15) is 11.8 Å². The Bertz CT molecular complexity index is 580. The number of nitrogens with two attached hydrogens (primary N) is 1. The Morgan fingerprint density at radius 3 is 2.72 bits per heavy atom. The van der Waals surface area contributed by atoms with Gasteiger partial charge in [0.25, 0.3) is 0 Å². The van der Waals surface area contributed by atoms with E-state index in [1.807, 2.05) is 36.4 Å². The average molecular weight is 245 g/mol. The van der Waals surface area contributed by atoms with Gasteiger partial charge in [-0.1, -0.05) is 30.3 Å². The summed E-state index contributed by atoms with van der Waals surface area (Å²) in [4.78, 5) is 10.9. The number of rotatable bonds is 4. The number of fused-ring (bicyclic) bond motifs is 1. The minimum Gasteiger partial charge on any atom is -0.496 e. The van der Waals surface area contributed by atoms with E-state index in [2.05, 4.69) is 0 Å². The van der Waals surface area contributed by atoms with Gasteiger partial charge < -0.3 is 15.6 Å². The minimum atomic E-state index is -1.01. The third-order valence-corrected chi connectivity index (χ3v) is 2.96. The van der Waals surface area contributed by atoms with E-state index in [0.29, 0.717) is 5.75 Å². The summed E-state index contributed by atoms with van der Waals surface area (Å²) in [7, 11) is 1.57. The lowest BCUT2D eigenvalue weighted by molar-refractivity contribution is -0.138. The Labute approximate surface area is 105 Å². The Balaban J connectivity index is 2.54. The molecule has 0 heterocycles. The second kappa shape index (κ2) is 5.06. The Morgan fingerprint density at radius 1 is 1.33 bits per heavy atom. The van der Waals surface area contributed by atoms with Crippen molar-refractivity contribution < 1.29 is 14.6 Å². The molecule has 0 unspecified atom stereocenters. The summed E-state index contributed by atoms with van der Waals surface area (Å²) in [5, 5.41) is 10.9. The summed E-state index contributed by atoms with van der Waals surface area (Å²) in [5.74, 6) is -0.338. The molecular weight excluding hydrogens is 230 g/mol. The maximum atomic E-state index is 10.9. The molecule has 0 aliphatic heterocycles. The number of carboxylic acids is 1. The fourth-order valence-corrected chi connectivity index (χ4v) is 2.02. The number of benzene rings is 2. The van der Waals surface area contributed by atoms with Gasteiger partial charge in [0, 0.05) is 12.0 Å². The van der Waals surface area contributed by atoms with Crippen molar-refractivity contribution in [1.82, 2.24) is 0 Å². The zero-order valence-electron chi connectivity index (χ0n) is 10.1. The van der Waals surface area contributed by atoms with E-state index in [1.165, 1.54) is 0 Å². The van der Waals surface area contributed by atoms with Crippen LogP contribution in [0.3, 0.4) is 0 Å². The number of carbonyl (C=O) groups is 1. The van der Waals surface area contributed by atoms with Gasteiger partial charge in [-0.05, 0) is 16.8 Å². The molecule has 0 radical (unpaired) electrons. The van der Waals surface area contributed by atoms with Crippen LogP contribution in [0.2, 0.25) is 0 Å². The SMILES string of the molecule is COc1ccc2ccccc2c1C[C@H](N)C(=O)O. The quantitative estimate of drug-likeness (QED) is 0.861. The van der Waals surface area contributed by atoms with Crippen LogP contribution in [0.5, 0.6) is 5.75 Å². The van der Waals surface area contributed by atoms with Gasteiger partial charge in [-0.25, -0.2) is 0 Å². The molecule has 0 amide bonds. The van der Waals surface area contributed by atoms with Crippen molar-refractivity contribution in [3.63, 3.8) is 0 Å². The first-order chi connectivity index (χ1) is 8.63. The Kier molecular flexibility index (Phi) is 3.48. The smallest absolute Gasteiger partial charge is 0.320 e. The molecule has 2 aromatic carbocycles. The third-order valence-electron chi connectivity index (χ3n) is 2.96. The molecule has 0 aromatic heterocycles. The van der Waals surface area contributed by atoms with Crippen LogP contribution in [0.1, 0.15) is 5.56 Å². The van der Waals surface area contributed by atoms with Crippen LogP contribution in [0.25, 0.3) is 10.8 Å². The summed E-state index contributed by atoms with van der Waals surface area (Å²) < 4.78 is 5.29. The lowest BCUT2D eigenvalue weighted by Crippen LogP contribution is -2.32. The van der Waals surface area contributed by atoms with Crippen LogP contribution in [-0.4, -0.2) is 24.2 Å². The summed E-state index contributed by atoms with van der Waals surface area (Å²) >= 11 is 0. The van der Waals surface area contributed by atoms with Gasteiger partial charge in [-0.2, -0.15) is 0 Å². The minimum absolute atomic E-state index is 0.250. The molecule has 0 saturated carbocycles. The Hall–Kier alpha value is -2.07. The molecule has 0 fully saturated rings. The van der Waals surface area contributed by atoms with Crippen LogP contribution in [0.15, 0.2) is 36.4 Å². The topological polar surface area (TPSA) is 72.5 Å². The fraction of sp³-hybridized carbons (Fsp3) is 0.214. The molecule has 2 rings (SSSR count). The first-order valence-electron chi connectivity index (χ1n) is 5.66. The van der Waals surface area contributed by atoms with Gasteiger partial charge in [-0.3, -0.25) is 4.79 Å². The van der Waals surface area contributed by atoms with E-state index in [-0.39, 0.29) is 6.42 Å². The molecule has 0 bridgehead atoms. The average Bonchev–Trinajstić information content (AvgIpc) is 2.39. The zero-order valence-corrected chi connectivity index (χ0v) is 10.1. The monoisotopic (exact) mass is 245 g/mol. The first kappa shape index (κ1) is 12.4. The van der Waals surface area contributed by atoms with Crippen molar-refractivity contribution in [3.8, 4) is 5.75 Å². The van der Waals surface area contributed by atoms with Crippen molar-refractivity contribution in [3.05, 3.63) is 42.0 Å². The van der Waals surface area contributed by atoms with Crippen LogP contribution in [-0.2, 0) is 11.2 Å². The molecule has 18 heavy (non-hydrogen) atoms. The number of carboxylic acid groups (broad SMARTS) is 1. The number of hydrogen-bond acceptors (Lipinski definition) is 3. The molecule has 0 saturated heterocycles. The highest BCUT2D eigenvalue weighted by molar-refractivity contribution is 5.88. The molecule has 3 N–H and O–H groups in total. The number of aliphatic carboxylic acids is 1. The number of hydrogen-bond donors (Lipinski definition) is 2. The standard InChI is InChI=1S/C14H15NO3/c1-18-13-7-6-9-4-2-3-5-10(9)11(13)8-12(15)14(16)17/h2-7,12H,8,15H2,1H3,(H,16,17)/t12-/m0/s1. The van der Waals surface area contributed by atoms with Crippen LogP contribution in [0, 0.1) is 0 Å². The lowest BCUT2D eigenvalue weighted by Gasteiger charge is -2.14. The highest BCUT2D eigenvalue weighted by atomic mass is 16.5. The molecule has 94 valence electrons. The highest BCUT2D eigenvalue weighted by Crippen LogP contribution is 2.28. The van der Waals surface area contributed by atoms with Crippen molar-refractivity contribution in [2.24, 2.45) is 5.73 Å². The second-order valence-electron chi connectivity index (χ2n) is 4.12. The summed E-state index contributed by atoms with van der Waals surface area (Å²) in [6.45, 7) is 0. The molecule has 0 aliphatic rings. The maximum Gasteiger partial charge on any atom is 0.320 e. The molecule has 2 aromatic rings. The predicted molar refractivity (Wildman–Crippen MR) is 69.8 cm³/mol. The second-order valence-corrected chi connectivity index (χ2v) is 4.12. The van der Waals surface area contributed by atoms with Crippen LogP contribution >= 0.6 is 0 Å². The predicted octanol–water partition coefficient (Wildman–Crippen LogP) is 1.80. The molecule has 0 aliphatic carbocycles. The highest BCUT2D eigenvalue weighted by Gasteiger charge is 2.17. The molecule has 4 heteroatoms. The fourth-order valence-electron chi connectivity index (χ4n) is 2.02. The van der Waals surface area contributed by atoms with Gasteiger partial charge in [0.05, 0.1) is 7.11 Å². The molecular formula is C14H15NO3. The van der Waals surface area contributed by atoms with E-state index in [1.54, 1.807) is 7.11 Å². The van der Waals surface area contributed by atoms with E-state index in [4.69, 9.17) is 15.6 Å². The largest absolute Gasteiger partial charge is 0.496 e. The summed E-state index contributed by atoms with van der Waals surface area (Å²) in [6.07, 6.45) is 0.250. The van der Waals surface area contributed by atoms with Gasteiger partial charge in [-0.15, -0.1) is 0 Å². The van der Waals surface area contributed by atoms with Crippen molar-refractivity contribution in [2.45, 2.75) is 12.5 Å². The van der Waals surface area contributed by atoms with E-state index in [0.717, 1.165) is 16.3 Å². The molecule has 4 nitrogen and oxygen atoms in total. The van der Waals surface area contributed by atoms with Crippen molar-refractivity contribution in [2.75, 3.05) is 7.11 Å². The van der Waals surface area contributed by atoms with Gasteiger partial charge in [0.2, 0.25) is 0 Å². The van der Waals surface area contributed by atoms with Crippen LogP contribution in [0.4, 0.5) is 0 Å². The van der Waals surface area contributed by atoms with Crippen molar-refractivity contribution in [1.29, 1.82) is 0 Å². The first-order valence-corrected chi connectivity index (χ1v) is 5.66. The molecule has 1 atom stereocenters. The maximum absolute atomic E-state index is 10.9. The van der Waals surface area contributed by atoms with E-state index >= 15 is 0 Å².